The number of anilines is 1. The summed E-state index contributed by atoms with van der Waals surface area (Å²) in [6.45, 7) is 3.16. The van der Waals surface area contributed by atoms with E-state index in [1.54, 1.807) is 20.1 Å². The highest BCUT2D eigenvalue weighted by atomic mass is 32.2. The molecule has 2 N–H and O–H groups in total. The van der Waals surface area contributed by atoms with E-state index >= 15 is 0 Å². The van der Waals surface area contributed by atoms with Crippen LogP contribution < -0.4 is 5.32 Å². The third kappa shape index (κ3) is 2.50. The van der Waals surface area contributed by atoms with Crippen LogP contribution in [0.4, 0.5) is 5.69 Å². The molecule has 0 amide bonds. The summed E-state index contributed by atoms with van der Waals surface area (Å²) < 4.78 is 25.1. The molecule has 1 aromatic rings. The topological polar surface area (TPSA) is 83.5 Å². The number of thiophene rings is 1. The molecule has 18 heavy (non-hydrogen) atoms. The Bertz CT molecular complexity index is 560. The van der Waals surface area contributed by atoms with E-state index in [-0.39, 0.29) is 15.5 Å². The molecule has 0 saturated carbocycles. The first-order valence-electron chi connectivity index (χ1n) is 5.13. The van der Waals surface area contributed by atoms with Crippen molar-refractivity contribution in [2.75, 3.05) is 18.6 Å². The Kier molecular flexibility index (Phi) is 4.68. The number of aromatic carboxylic acids is 1. The van der Waals surface area contributed by atoms with Gasteiger partial charge in [-0.2, -0.15) is 0 Å². The number of hydrogen-bond donors (Lipinski definition) is 2. The molecule has 1 heterocycles. The largest absolute Gasteiger partial charge is 0.477 e. The number of nitrogens with one attached hydrogen (secondary N) is 1. The van der Waals surface area contributed by atoms with Gasteiger partial charge >= 0.3 is 5.97 Å². The summed E-state index contributed by atoms with van der Waals surface area (Å²) in [5, 5.41) is 11.2. The van der Waals surface area contributed by atoms with Crippen LogP contribution in [0.15, 0.2) is 9.10 Å². The van der Waals surface area contributed by atoms with E-state index in [1.807, 2.05) is 0 Å². The summed E-state index contributed by atoms with van der Waals surface area (Å²) in [6, 6.07) is 0. The van der Waals surface area contributed by atoms with Gasteiger partial charge in [-0.25, -0.2) is 13.2 Å². The van der Waals surface area contributed by atoms with Crippen LogP contribution in [0.25, 0.3) is 0 Å². The Morgan fingerprint density at radius 2 is 2.00 bits per heavy atom. The zero-order chi connectivity index (χ0) is 14.1. The molecule has 0 aromatic carbocycles. The number of carboxylic acid groups (broad SMARTS) is 1. The molecule has 0 aliphatic carbocycles. The third-order valence-electron chi connectivity index (χ3n) is 2.37. The Hall–Kier alpha value is -0.730. The van der Waals surface area contributed by atoms with Crippen LogP contribution in [0.3, 0.4) is 0 Å². The van der Waals surface area contributed by atoms with Gasteiger partial charge in [-0.05, 0) is 20.1 Å². The van der Waals surface area contributed by atoms with Crippen molar-refractivity contribution in [2.24, 2.45) is 0 Å². The second-order valence-corrected chi connectivity index (χ2v) is 8.31. The van der Waals surface area contributed by atoms with Crippen molar-refractivity contribution in [1.29, 1.82) is 0 Å². The van der Waals surface area contributed by atoms with Crippen molar-refractivity contribution in [2.45, 2.75) is 28.2 Å². The van der Waals surface area contributed by atoms with Gasteiger partial charge in [0.25, 0.3) is 0 Å². The highest BCUT2D eigenvalue weighted by Crippen LogP contribution is 2.43. The lowest BCUT2D eigenvalue weighted by molar-refractivity contribution is 0.0703. The number of hydrogen-bond acceptors (Lipinski definition) is 6. The molecule has 0 aliphatic rings. The molecule has 0 saturated heterocycles. The predicted molar refractivity (Wildman–Crippen MR) is 74.9 cm³/mol. The van der Waals surface area contributed by atoms with Crippen LogP contribution >= 0.6 is 23.1 Å². The molecular weight excluding hydrogens is 294 g/mol. The van der Waals surface area contributed by atoms with Crippen molar-refractivity contribution in [3.63, 3.8) is 0 Å². The molecule has 0 radical (unpaired) electrons. The SMILES string of the molecule is CNc1c(C(=O)O)sc(SC)c1S(=O)(=O)C(C)C. The molecule has 5 nitrogen and oxygen atoms in total. The second kappa shape index (κ2) is 5.50. The van der Waals surface area contributed by atoms with E-state index in [0.29, 0.717) is 4.21 Å². The zero-order valence-corrected chi connectivity index (χ0v) is 12.9. The van der Waals surface area contributed by atoms with Gasteiger partial charge in [-0.3, -0.25) is 0 Å². The average molecular weight is 309 g/mol. The lowest BCUT2D eigenvalue weighted by Crippen LogP contribution is -2.16. The van der Waals surface area contributed by atoms with Crippen molar-refractivity contribution in [1.82, 2.24) is 0 Å². The monoisotopic (exact) mass is 309 g/mol. The Morgan fingerprint density at radius 3 is 2.33 bits per heavy atom. The number of sulfone groups is 1. The van der Waals surface area contributed by atoms with Crippen LogP contribution in [0, 0.1) is 0 Å². The summed E-state index contributed by atoms with van der Waals surface area (Å²) in [5.41, 5.74) is 0.186. The normalized spacial score (nSPS) is 11.8. The molecule has 0 unspecified atom stereocenters. The van der Waals surface area contributed by atoms with Gasteiger partial charge < -0.3 is 10.4 Å². The molecular formula is C10H15NO4S3. The maximum atomic E-state index is 12.3. The van der Waals surface area contributed by atoms with Crippen LogP contribution in [0.1, 0.15) is 23.5 Å². The predicted octanol–water partition coefficient (Wildman–Crippen LogP) is 2.39. The standard InChI is InChI=1S/C10H15NO4S3/c1-5(2)18(14,15)8-6(11-3)7(9(12)13)17-10(8)16-4/h5,11H,1-4H3,(H,12,13). The molecule has 102 valence electrons. The van der Waals surface area contributed by atoms with Crippen LogP contribution in [-0.2, 0) is 9.84 Å². The van der Waals surface area contributed by atoms with Gasteiger partial charge in [-0.1, -0.05) is 0 Å². The molecule has 1 rings (SSSR count). The maximum absolute atomic E-state index is 12.3. The highest BCUT2D eigenvalue weighted by molar-refractivity contribution is 8.01. The quantitative estimate of drug-likeness (QED) is 0.813. The minimum atomic E-state index is -3.51. The summed E-state index contributed by atoms with van der Waals surface area (Å²) in [4.78, 5) is 11.3. The fourth-order valence-electron chi connectivity index (χ4n) is 1.40. The van der Waals surface area contributed by atoms with Gasteiger partial charge in [0.05, 0.1) is 15.1 Å². The zero-order valence-electron chi connectivity index (χ0n) is 10.5. The van der Waals surface area contributed by atoms with Gasteiger partial charge in [0.1, 0.15) is 9.77 Å². The number of carbonyl (C=O) groups is 1. The van der Waals surface area contributed by atoms with Gasteiger partial charge in [0.15, 0.2) is 9.84 Å². The maximum Gasteiger partial charge on any atom is 0.348 e. The van der Waals surface area contributed by atoms with E-state index in [2.05, 4.69) is 5.32 Å². The van der Waals surface area contributed by atoms with Crippen molar-refractivity contribution < 1.29 is 18.3 Å². The molecule has 0 bridgehead atoms. The smallest absolute Gasteiger partial charge is 0.348 e. The van der Waals surface area contributed by atoms with E-state index < -0.39 is 21.1 Å². The Balaban J connectivity index is 3.66. The molecule has 8 heteroatoms. The molecule has 0 aliphatic heterocycles. The first kappa shape index (κ1) is 15.3. The summed E-state index contributed by atoms with van der Waals surface area (Å²) >= 11 is 2.23. The van der Waals surface area contributed by atoms with Gasteiger partial charge in [0, 0.05) is 7.05 Å². The fraction of sp³-hybridized carbons (Fsp3) is 0.500. The number of carboxylic acids is 1. The minimum absolute atomic E-state index is 0.0288. The third-order valence-corrected chi connectivity index (χ3v) is 7.14. The Morgan fingerprint density at radius 1 is 1.44 bits per heavy atom. The highest BCUT2D eigenvalue weighted by Gasteiger charge is 2.32. The molecule has 0 spiro atoms. The van der Waals surface area contributed by atoms with E-state index in [0.717, 1.165) is 11.3 Å². The molecule has 0 fully saturated rings. The molecule has 0 atom stereocenters. The Labute approximate surface area is 115 Å². The van der Waals surface area contributed by atoms with Crippen LogP contribution in [0.2, 0.25) is 0 Å². The number of rotatable bonds is 5. The summed E-state index contributed by atoms with van der Waals surface area (Å²) in [5.74, 6) is -1.12. The summed E-state index contributed by atoms with van der Waals surface area (Å²) in [7, 11) is -1.99. The van der Waals surface area contributed by atoms with E-state index in [9.17, 15) is 13.2 Å². The average Bonchev–Trinajstić information content (AvgIpc) is 2.67. The van der Waals surface area contributed by atoms with Crippen LogP contribution in [-0.4, -0.2) is 38.0 Å². The van der Waals surface area contributed by atoms with Crippen molar-refractivity contribution >= 4 is 44.6 Å². The number of thioether (sulfide) groups is 1. The van der Waals surface area contributed by atoms with Crippen LogP contribution in [0.5, 0.6) is 0 Å². The lowest BCUT2D eigenvalue weighted by Gasteiger charge is -2.10. The second-order valence-electron chi connectivity index (χ2n) is 3.78. The molecule has 1 aromatic heterocycles. The first-order valence-corrected chi connectivity index (χ1v) is 8.71. The van der Waals surface area contributed by atoms with E-state index in [1.165, 1.54) is 18.8 Å². The minimum Gasteiger partial charge on any atom is -0.477 e. The van der Waals surface area contributed by atoms with Gasteiger partial charge in [0.2, 0.25) is 0 Å². The summed E-state index contributed by atoms with van der Waals surface area (Å²) in [6.07, 6.45) is 1.73. The first-order chi connectivity index (χ1) is 8.27. The van der Waals surface area contributed by atoms with E-state index in [4.69, 9.17) is 5.11 Å². The van der Waals surface area contributed by atoms with Crippen molar-refractivity contribution in [3.8, 4) is 0 Å². The lowest BCUT2D eigenvalue weighted by atomic mass is 10.4. The van der Waals surface area contributed by atoms with Gasteiger partial charge in [-0.15, -0.1) is 23.1 Å². The van der Waals surface area contributed by atoms with Crippen molar-refractivity contribution in [3.05, 3.63) is 4.88 Å². The fourth-order valence-corrected chi connectivity index (χ4v) is 5.37.